The molecule has 2 fully saturated rings. The van der Waals surface area contributed by atoms with Crippen molar-refractivity contribution in [3.05, 3.63) is 30.0 Å². The number of aromatic nitrogens is 1. The Morgan fingerprint density at radius 2 is 2.11 bits per heavy atom. The minimum atomic E-state index is -0.148. The zero-order valence-corrected chi connectivity index (χ0v) is 17.0. The molecule has 1 aliphatic carbocycles. The maximum absolute atomic E-state index is 12.8. The molecular formula is C23H33N3O2. The number of carbonyl (C=O) groups is 1. The summed E-state index contributed by atoms with van der Waals surface area (Å²) in [6.45, 7) is 1.73. The second-order valence-electron chi connectivity index (χ2n) is 8.89. The van der Waals surface area contributed by atoms with Crippen LogP contribution < -0.4 is 10.5 Å². The monoisotopic (exact) mass is 383 g/mol. The highest BCUT2D eigenvalue weighted by Crippen LogP contribution is 2.39. The number of hydrogen-bond donors (Lipinski definition) is 2. The van der Waals surface area contributed by atoms with Crippen LogP contribution in [0.2, 0.25) is 0 Å². The molecule has 3 N–H and O–H groups in total. The van der Waals surface area contributed by atoms with E-state index in [2.05, 4.69) is 29.2 Å². The minimum absolute atomic E-state index is 0.0727. The molecule has 2 heterocycles. The quantitative estimate of drug-likeness (QED) is 0.584. The highest BCUT2D eigenvalue weighted by atomic mass is 16.5. The number of carbonyl (C=O) groups excluding carboxylic acids is 1. The molecule has 1 aromatic carbocycles. The first-order valence-corrected chi connectivity index (χ1v) is 10.8. The Morgan fingerprint density at radius 1 is 1.29 bits per heavy atom. The number of ether oxygens (including phenoxy) is 1. The molecule has 28 heavy (non-hydrogen) atoms. The molecule has 152 valence electrons. The summed E-state index contributed by atoms with van der Waals surface area (Å²) in [5.41, 5.74) is 8.27. The van der Waals surface area contributed by atoms with E-state index < -0.39 is 0 Å². The van der Waals surface area contributed by atoms with Gasteiger partial charge in [-0.15, -0.1) is 0 Å². The number of benzene rings is 1. The molecular weight excluding hydrogens is 350 g/mol. The standard InChI is InChI=1S/C23H33N3O2/c1-26-12-6-7-18(26)13-17-15-25-19-8-5-9-20(22(17)19)28-21(27)14-23(16-24)10-3-2-4-11-23/h5,8-9,15,18,25H,2-4,6-7,10-14,16,24H2,1H3/t18-/m1/s1. The molecule has 2 aromatic rings. The second kappa shape index (κ2) is 8.26. The summed E-state index contributed by atoms with van der Waals surface area (Å²) in [6.07, 6.45) is 11.6. The molecule has 0 unspecified atom stereocenters. The van der Waals surface area contributed by atoms with E-state index in [1.54, 1.807) is 0 Å². The highest BCUT2D eigenvalue weighted by Gasteiger charge is 2.34. The summed E-state index contributed by atoms with van der Waals surface area (Å²) >= 11 is 0. The lowest BCUT2D eigenvalue weighted by atomic mass is 9.72. The molecule has 2 aliphatic rings. The SMILES string of the molecule is CN1CCC[C@@H]1Cc1c[nH]c2cccc(OC(=O)CC3(CN)CCCCC3)c12. The van der Waals surface area contributed by atoms with Crippen molar-refractivity contribution in [3.8, 4) is 5.75 Å². The summed E-state index contributed by atoms with van der Waals surface area (Å²) in [5, 5.41) is 1.06. The highest BCUT2D eigenvalue weighted by molar-refractivity contribution is 5.91. The molecule has 4 rings (SSSR count). The molecule has 1 saturated heterocycles. The Morgan fingerprint density at radius 3 is 2.82 bits per heavy atom. The lowest BCUT2D eigenvalue weighted by Crippen LogP contribution is -2.36. The zero-order chi connectivity index (χ0) is 19.6. The largest absolute Gasteiger partial charge is 0.426 e. The van der Waals surface area contributed by atoms with Crippen molar-refractivity contribution < 1.29 is 9.53 Å². The van der Waals surface area contributed by atoms with Crippen molar-refractivity contribution in [2.24, 2.45) is 11.1 Å². The van der Waals surface area contributed by atoms with Gasteiger partial charge in [0, 0.05) is 23.1 Å². The number of aromatic amines is 1. The average molecular weight is 384 g/mol. The van der Waals surface area contributed by atoms with Gasteiger partial charge in [0.2, 0.25) is 0 Å². The third-order valence-corrected chi connectivity index (χ3v) is 6.97. The number of nitrogens with zero attached hydrogens (tertiary/aromatic N) is 1. The lowest BCUT2D eigenvalue weighted by Gasteiger charge is -2.35. The smallest absolute Gasteiger partial charge is 0.311 e. The Kier molecular flexibility index (Phi) is 5.74. The second-order valence-corrected chi connectivity index (χ2v) is 8.89. The number of rotatable bonds is 6. The van der Waals surface area contributed by atoms with Crippen molar-refractivity contribution in [3.63, 3.8) is 0 Å². The fraction of sp³-hybridized carbons (Fsp3) is 0.609. The van der Waals surface area contributed by atoms with Gasteiger partial charge >= 0.3 is 5.97 Å². The van der Waals surface area contributed by atoms with Gasteiger partial charge in [0.1, 0.15) is 5.75 Å². The van der Waals surface area contributed by atoms with E-state index in [1.165, 1.54) is 24.8 Å². The van der Waals surface area contributed by atoms with E-state index in [0.29, 0.717) is 24.8 Å². The zero-order valence-electron chi connectivity index (χ0n) is 17.0. The Hall–Kier alpha value is -1.85. The van der Waals surface area contributed by atoms with Crippen LogP contribution in [0.5, 0.6) is 5.75 Å². The molecule has 0 radical (unpaired) electrons. The molecule has 5 heteroatoms. The summed E-state index contributed by atoms with van der Waals surface area (Å²) in [6, 6.07) is 6.49. The van der Waals surface area contributed by atoms with Gasteiger partial charge in [-0.1, -0.05) is 25.3 Å². The maximum atomic E-state index is 12.8. The Labute approximate surface area is 167 Å². The average Bonchev–Trinajstić information content (AvgIpc) is 3.30. The molecule has 5 nitrogen and oxygen atoms in total. The van der Waals surface area contributed by atoms with Gasteiger partial charge in [-0.25, -0.2) is 0 Å². The molecule has 0 spiro atoms. The van der Waals surface area contributed by atoms with Crippen LogP contribution in [0, 0.1) is 5.41 Å². The first-order valence-electron chi connectivity index (χ1n) is 10.8. The van der Waals surface area contributed by atoms with Crippen molar-refractivity contribution in [1.29, 1.82) is 0 Å². The van der Waals surface area contributed by atoms with E-state index in [0.717, 1.165) is 49.6 Å². The summed E-state index contributed by atoms with van der Waals surface area (Å²) in [4.78, 5) is 18.6. The molecule has 0 amide bonds. The number of nitrogens with one attached hydrogen (secondary N) is 1. The van der Waals surface area contributed by atoms with E-state index >= 15 is 0 Å². The van der Waals surface area contributed by atoms with Gasteiger partial charge in [-0.3, -0.25) is 4.79 Å². The molecule has 1 aliphatic heterocycles. The van der Waals surface area contributed by atoms with Crippen molar-refractivity contribution >= 4 is 16.9 Å². The Bertz CT molecular complexity index is 822. The Balaban J connectivity index is 1.53. The topological polar surface area (TPSA) is 71.3 Å². The van der Waals surface area contributed by atoms with Gasteiger partial charge < -0.3 is 20.4 Å². The molecule has 1 atom stereocenters. The summed E-state index contributed by atoms with van der Waals surface area (Å²) in [7, 11) is 2.20. The first kappa shape index (κ1) is 19.5. The van der Waals surface area contributed by atoms with Gasteiger partial charge in [0.05, 0.1) is 6.42 Å². The van der Waals surface area contributed by atoms with Crippen LogP contribution in [0.1, 0.15) is 56.9 Å². The fourth-order valence-electron chi connectivity index (χ4n) is 5.18. The number of nitrogens with two attached hydrogens (primary N) is 1. The van der Waals surface area contributed by atoms with Crippen molar-refractivity contribution in [2.45, 2.75) is 63.8 Å². The summed E-state index contributed by atoms with van der Waals surface area (Å²) in [5.74, 6) is 0.535. The predicted molar refractivity (Wildman–Crippen MR) is 112 cm³/mol. The van der Waals surface area contributed by atoms with Crippen LogP contribution in [0.3, 0.4) is 0 Å². The van der Waals surface area contributed by atoms with E-state index in [9.17, 15) is 4.79 Å². The van der Waals surface area contributed by atoms with Crippen LogP contribution in [0.15, 0.2) is 24.4 Å². The molecule has 0 bridgehead atoms. The van der Waals surface area contributed by atoms with Crippen LogP contribution >= 0.6 is 0 Å². The molecule has 1 saturated carbocycles. The first-order chi connectivity index (χ1) is 13.6. The number of likely N-dealkylation sites (N-methyl/N-ethyl adjacent to an activating group) is 1. The van der Waals surface area contributed by atoms with Gasteiger partial charge in [0.25, 0.3) is 0 Å². The number of hydrogen-bond acceptors (Lipinski definition) is 4. The third kappa shape index (κ3) is 3.96. The normalized spacial score (nSPS) is 22.6. The van der Waals surface area contributed by atoms with Crippen LogP contribution in [-0.4, -0.2) is 42.0 Å². The van der Waals surface area contributed by atoms with Gasteiger partial charge in [0.15, 0.2) is 0 Å². The summed E-state index contributed by atoms with van der Waals surface area (Å²) < 4.78 is 5.92. The van der Waals surface area contributed by atoms with E-state index in [1.807, 2.05) is 12.1 Å². The van der Waals surface area contributed by atoms with Crippen LogP contribution in [0.4, 0.5) is 0 Å². The van der Waals surface area contributed by atoms with Crippen LogP contribution in [-0.2, 0) is 11.2 Å². The fourth-order valence-corrected chi connectivity index (χ4v) is 5.18. The van der Waals surface area contributed by atoms with Crippen molar-refractivity contribution in [2.75, 3.05) is 20.1 Å². The van der Waals surface area contributed by atoms with Gasteiger partial charge in [-0.2, -0.15) is 0 Å². The number of H-pyrrole nitrogens is 1. The van der Waals surface area contributed by atoms with Gasteiger partial charge in [-0.05, 0) is 75.4 Å². The van der Waals surface area contributed by atoms with E-state index in [4.69, 9.17) is 10.5 Å². The lowest BCUT2D eigenvalue weighted by molar-refractivity contribution is -0.137. The predicted octanol–water partition coefficient (Wildman–Crippen LogP) is 4.01. The maximum Gasteiger partial charge on any atom is 0.311 e. The number of esters is 1. The third-order valence-electron chi connectivity index (χ3n) is 6.97. The molecule has 1 aromatic heterocycles. The number of likely N-dealkylation sites (tertiary alicyclic amines) is 1. The van der Waals surface area contributed by atoms with Crippen molar-refractivity contribution in [1.82, 2.24) is 9.88 Å². The number of fused-ring (bicyclic) bond motifs is 1. The van der Waals surface area contributed by atoms with Crippen LogP contribution in [0.25, 0.3) is 10.9 Å². The van der Waals surface area contributed by atoms with E-state index in [-0.39, 0.29) is 11.4 Å². The minimum Gasteiger partial charge on any atom is -0.426 e.